The van der Waals surface area contributed by atoms with Gasteiger partial charge in [-0.25, -0.2) is 4.79 Å². The predicted molar refractivity (Wildman–Crippen MR) is 77.6 cm³/mol. The molecule has 5 nitrogen and oxygen atoms in total. The van der Waals surface area contributed by atoms with E-state index in [1.165, 1.54) is 5.56 Å². The highest BCUT2D eigenvalue weighted by molar-refractivity contribution is 5.88. The molecule has 2 N–H and O–H groups in total. The van der Waals surface area contributed by atoms with Gasteiger partial charge in [0.05, 0.1) is 6.04 Å². The summed E-state index contributed by atoms with van der Waals surface area (Å²) in [6, 6.07) is 9.51. The molecule has 2 aromatic rings. The van der Waals surface area contributed by atoms with Crippen LogP contribution in [0.3, 0.4) is 0 Å². The molecule has 2 amide bonds. The van der Waals surface area contributed by atoms with E-state index in [1.54, 1.807) is 13.0 Å². The molecule has 1 heterocycles. The molecule has 0 saturated carbocycles. The van der Waals surface area contributed by atoms with Gasteiger partial charge in [-0.2, -0.15) is 0 Å². The Kier molecular flexibility index (Phi) is 4.40. The van der Waals surface area contributed by atoms with E-state index >= 15 is 0 Å². The highest BCUT2D eigenvalue weighted by Gasteiger charge is 2.11. The standard InChI is InChI=1S/C15H19N3O2/c1-4-12-5-7-13(8-6-12)11(3)16-15(19)17-14-9-10(2)20-18-14/h5-9,11H,4H2,1-3H3,(H2,16,17,18,19). The number of benzene rings is 1. The van der Waals surface area contributed by atoms with Crippen LogP contribution in [0, 0.1) is 6.92 Å². The van der Waals surface area contributed by atoms with Crippen molar-refractivity contribution in [3.63, 3.8) is 0 Å². The van der Waals surface area contributed by atoms with Gasteiger partial charge in [-0.05, 0) is 31.4 Å². The third kappa shape index (κ3) is 3.60. The molecule has 1 aromatic carbocycles. The Morgan fingerprint density at radius 2 is 2.05 bits per heavy atom. The Morgan fingerprint density at radius 1 is 1.35 bits per heavy atom. The first-order valence-corrected chi connectivity index (χ1v) is 6.68. The quantitative estimate of drug-likeness (QED) is 0.896. The summed E-state index contributed by atoms with van der Waals surface area (Å²) in [6.45, 7) is 5.83. The van der Waals surface area contributed by atoms with Gasteiger partial charge >= 0.3 is 6.03 Å². The van der Waals surface area contributed by atoms with E-state index in [-0.39, 0.29) is 12.1 Å². The van der Waals surface area contributed by atoms with E-state index in [9.17, 15) is 4.79 Å². The second kappa shape index (κ2) is 6.23. The zero-order valence-corrected chi connectivity index (χ0v) is 11.9. The van der Waals surface area contributed by atoms with Crippen LogP contribution in [-0.4, -0.2) is 11.2 Å². The fourth-order valence-corrected chi connectivity index (χ4v) is 1.90. The van der Waals surface area contributed by atoms with Gasteiger partial charge in [0.1, 0.15) is 5.76 Å². The van der Waals surface area contributed by atoms with Crippen LogP contribution in [0.4, 0.5) is 10.6 Å². The monoisotopic (exact) mass is 273 g/mol. The van der Waals surface area contributed by atoms with Gasteiger partial charge in [-0.3, -0.25) is 5.32 Å². The lowest BCUT2D eigenvalue weighted by Crippen LogP contribution is -2.31. The van der Waals surface area contributed by atoms with E-state index in [0.29, 0.717) is 11.6 Å². The number of nitrogens with zero attached hydrogens (tertiary/aromatic N) is 1. The average Bonchev–Trinajstić information content (AvgIpc) is 2.84. The largest absolute Gasteiger partial charge is 0.360 e. The SMILES string of the molecule is CCc1ccc(C(C)NC(=O)Nc2cc(C)on2)cc1. The van der Waals surface area contributed by atoms with Gasteiger partial charge in [-0.15, -0.1) is 0 Å². The predicted octanol–water partition coefficient (Wildman–Crippen LogP) is 3.43. The topological polar surface area (TPSA) is 67.2 Å². The molecule has 0 aliphatic carbocycles. The van der Waals surface area contributed by atoms with Gasteiger partial charge < -0.3 is 9.84 Å². The number of carbonyl (C=O) groups excluding carboxylic acids is 1. The first-order chi connectivity index (χ1) is 9.58. The van der Waals surface area contributed by atoms with Crippen LogP contribution in [0.25, 0.3) is 0 Å². The second-order valence-electron chi connectivity index (χ2n) is 4.74. The molecule has 0 aliphatic heterocycles. The zero-order chi connectivity index (χ0) is 14.5. The highest BCUT2D eigenvalue weighted by Crippen LogP contribution is 2.14. The van der Waals surface area contributed by atoms with E-state index in [2.05, 4.69) is 34.8 Å². The van der Waals surface area contributed by atoms with E-state index in [0.717, 1.165) is 12.0 Å². The fraction of sp³-hybridized carbons (Fsp3) is 0.333. The van der Waals surface area contributed by atoms with Crippen molar-refractivity contribution in [3.05, 3.63) is 47.2 Å². The number of hydrogen-bond donors (Lipinski definition) is 2. The summed E-state index contributed by atoms with van der Waals surface area (Å²) in [5, 5.41) is 9.20. The summed E-state index contributed by atoms with van der Waals surface area (Å²) >= 11 is 0. The first kappa shape index (κ1) is 14.1. The zero-order valence-electron chi connectivity index (χ0n) is 11.9. The third-order valence-corrected chi connectivity index (χ3v) is 3.11. The van der Waals surface area contributed by atoms with Gasteiger partial charge in [0.15, 0.2) is 5.82 Å². The Hall–Kier alpha value is -2.30. The van der Waals surface area contributed by atoms with E-state index < -0.39 is 0 Å². The molecule has 0 saturated heterocycles. The second-order valence-corrected chi connectivity index (χ2v) is 4.74. The molecular formula is C15H19N3O2. The lowest BCUT2D eigenvalue weighted by Gasteiger charge is -2.14. The summed E-state index contributed by atoms with van der Waals surface area (Å²) in [6.07, 6.45) is 1.01. The molecule has 0 radical (unpaired) electrons. The highest BCUT2D eigenvalue weighted by atomic mass is 16.5. The van der Waals surface area contributed by atoms with Crippen molar-refractivity contribution in [2.45, 2.75) is 33.2 Å². The minimum absolute atomic E-state index is 0.0751. The number of nitrogens with one attached hydrogen (secondary N) is 2. The summed E-state index contributed by atoms with van der Waals surface area (Å²) in [5.41, 5.74) is 2.34. The fourth-order valence-electron chi connectivity index (χ4n) is 1.90. The van der Waals surface area contributed by atoms with Crippen LogP contribution in [0.15, 0.2) is 34.9 Å². The number of aryl methyl sites for hydroxylation is 2. The molecule has 0 bridgehead atoms. The molecule has 1 aromatic heterocycles. The smallest absolute Gasteiger partial charge is 0.320 e. The van der Waals surface area contributed by atoms with Gasteiger partial charge in [-0.1, -0.05) is 36.3 Å². The Morgan fingerprint density at radius 3 is 2.60 bits per heavy atom. The van der Waals surface area contributed by atoms with Crippen molar-refractivity contribution >= 4 is 11.8 Å². The van der Waals surface area contributed by atoms with Crippen molar-refractivity contribution < 1.29 is 9.32 Å². The van der Waals surface area contributed by atoms with Gasteiger partial charge in [0.25, 0.3) is 0 Å². The van der Waals surface area contributed by atoms with Crippen molar-refractivity contribution in [3.8, 4) is 0 Å². The maximum Gasteiger partial charge on any atom is 0.320 e. The van der Waals surface area contributed by atoms with E-state index in [4.69, 9.17) is 4.52 Å². The molecule has 5 heteroatoms. The summed E-state index contributed by atoms with van der Waals surface area (Å²) in [5.74, 6) is 1.07. The summed E-state index contributed by atoms with van der Waals surface area (Å²) in [4.78, 5) is 11.8. The number of anilines is 1. The minimum atomic E-state index is -0.301. The van der Waals surface area contributed by atoms with Crippen LogP contribution in [0.5, 0.6) is 0 Å². The number of hydrogen-bond acceptors (Lipinski definition) is 3. The Bertz CT molecular complexity index is 575. The lowest BCUT2D eigenvalue weighted by atomic mass is 10.1. The molecule has 20 heavy (non-hydrogen) atoms. The molecule has 2 rings (SSSR count). The minimum Gasteiger partial charge on any atom is -0.360 e. The Balaban J connectivity index is 1.92. The van der Waals surface area contributed by atoms with Crippen LogP contribution < -0.4 is 10.6 Å². The Labute approximate surface area is 118 Å². The van der Waals surface area contributed by atoms with Gasteiger partial charge in [0.2, 0.25) is 0 Å². The third-order valence-electron chi connectivity index (χ3n) is 3.11. The summed E-state index contributed by atoms with van der Waals surface area (Å²) < 4.78 is 4.89. The van der Waals surface area contributed by atoms with E-state index in [1.807, 2.05) is 19.1 Å². The number of carbonyl (C=O) groups is 1. The van der Waals surface area contributed by atoms with Gasteiger partial charge in [0, 0.05) is 6.07 Å². The average molecular weight is 273 g/mol. The summed E-state index contributed by atoms with van der Waals surface area (Å²) in [7, 11) is 0. The molecule has 0 aliphatic rings. The van der Waals surface area contributed by atoms with Crippen LogP contribution in [0.2, 0.25) is 0 Å². The molecule has 1 unspecified atom stereocenters. The van der Waals surface area contributed by atoms with Crippen LogP contribution in [-0.2, 0) is 6.42 Å². The van der Waals surface area contributed by atoms with Crippen molar-refractivity contribution in [1.82, 2.24) is 10.5 Å². The lowest BCUT2D eigenvalue weighted by molar-refractivity contribution is 0.249. The number of amides is 2. The maximum absolute atomic E-state index is 11.8. The van der Waals surface area contributed by atoms with Crippen LogP contribution >= 0.6 is 0 Å². The number of aromatic nitrogens is 1. The molecule has 0 spiro atoms. The normalized spacial score (nSPS) is 11.9. The molecular weight excluding hydrogens is 254 g/mol. The van der Waals surface area contributed by atoms with Crippen molar-refractivity contribution in [2.24, 2.45) is 0 Å². The molecule has 0 fully saturated rings. The maximum atomic E-state index is 11.8. The number of urea groups is 1. The van der Waals surface area contributed by atoms with Crippen LogP contribution in [0.1, 0.15) is 36.8 Å². The molecule has 1 atom stereocenters. The first-order valence-electron chi connectivity index (χ1n) is 6.68. The molecule has 106 valence electrons. The van der Waals surface area contributed by atoms with Crippen molar-refractivity contribution in [2.75, 3.05) is 5.32 Å². The number of rotatable bonds is 4. The van der Waals surface area contributed by atoms with Crippen molar-refractivity contribution in [1.29, 1.82) is 0 Å².